The van der Waals surface area contributed by atoms with Gasteiger partial charge in [-0.15, -0.1) is 11.6 Å². The molecule has 1 aromatic carbocycles. The Morgan fingerprint density at radius 3 is 2.78 bits per heavy atom. The van der Waals surface area contributed by atoms with Crippen LogP contribution in [0.15, 0.2) is 30.3 Å². The van der Waals surface area contributed by atoms with Crippen LogP contribution in [0, 0.1) is 5.92 Å². The number of nitrogens with one attached hydrogen (secondary N) is 1. The number of hydrogen-bond donors (Lipinski definition) is 1. The zero-order valence-electron chi connectivity index (χ0n) is 10.6. The van der Waals surface area contributed by atoms with E-state index in [0.717, 1.165) is 19.6 Å². The van der Waals surface area contributed by atoms with Gasteiger partial charge < -0.3 is 5.32 Å². The molecule has 0 spiro atoms. The summed E-state index contributed by atoms with van der Waals surface area (Å²) in [7, 11) is 0. The molecule has 1 aliphatic heterocycles. The lowest BCUT2D eigenvalue weighted by Crippen LogP contribution is -2.31. The quantitative estimate of drug-likeness (QED) is 0.844. The van der Waals surface area contributed by atoms with E-state index in [0.29, 0.717) is 12.5 Å². The molecule has 18 heavy (non-hydrogen) atoms. The van der Waals surface area contributed by atoms with Crippen molar-refractivity contribution in [3.05, 3.63) is 35.9 Å². The maximum absolute atomic E-state index is 10.9. The summed E-state index contributed by atoms with van der Waals surface area (Å²) in [6.07, 6.45) is 0. The van der Waals surface area contributed by atoms with E-state index in [1.807, 2.05) is 6.07 Å². The molecule has 1 saturated heterocycles. The van der Waals surface area contributed by atoms with Gasteiger partial charge in [-0.3, -0.25) is 9.69 Å². The number of nitrogens with zero attached hydrogens (tertiary/aromatic N) is 1. The van der Waals surface area contributed by atoms with Crippen molar-refractivity contribution in [1.29, 1.82) is 0 Å². The van der Waals surface area contributed by atoms with E-state index >= 15 is 0 Å². The minimum Gasteiger partial charge on any atom is -0.356 e. The van der Waals surface area contributed by atoms with Crippen molar-refractivity contribution in [3.8, 4) is 0 Å². The third-order valence-corrected chi connectivity index (χ3v) is 3.79. The van der Waals surface area contributed by atoms with Gasteiger partial charge in [0.15, 0.2) is 0 Å². The second-order valence-corrected chi connectivity index (χ2v) is 5.45. The zero-order valence-corrected chi connectivity index (χ0v) is 11.4. The minimum absolute atomic E-state index is 0.0142. The Labute approximate surface area is 113 Å². The number of benzene rings is 1. The van der Waals surface area contributed by atoms with Gasteiger partial charge in [-0.1, -0.05) is 30.3 Å². The Balaban J connectivity index is 1.84. The molecule has 1 N–H and O–H groups in total. The van der Waals surface area contributed by atoms with Crippen molar-refractivity contribution in [1.82, 2.24) is 10.2 Å². The lowest BCUT2D eigenvalue weighted by atomic mass is 10.1. The summed E-state index contributed by atoms with van der Waals surface area (Å²) >= 11 is 6.33. The van der Waals surface area contributed by atoms with Crippen LogP contribution < -0.4 is 5.32 Å². The number of hydrogen-bond acceptors (Lipinski definition) is 2. The number of carbonyl (C=O) groups is 1. The smallest absolute Gasteiger partial charge is 0.216 e. The highest BCUT2D eigenvalue weighted by Crippen LogP contribution is 2.23. The second kappa shape index (κ2) is 6.21. The molecule has 1 fully saturated rings. The molecule has 0 aliphatic carbocycles. The summed E-state index contributed by atoms with van der Waals surface area (Å²) in [5.74, 6) is 0.361. The normalized spacial score (nSPS) is 24.1. The molecule has 0 unspecified atom stereocenters. The first-order valence-electron chi connectivity index (χ1n) is 6.30. The molecule has 0 bridgehead atoms. The number of halogens is 1. The predicted molar refractivity (Wildman–Crippen MR) is 73.5 cm³/mol. The maximum atomic E-state index is 10.9. The molecule has 2 rings (SSSR count). The van der Waals surface area contributed by atoms with Gasteiger partial charge in [0.25, 0.3) is 0 Å². The maximum Gasteiger partial charge on any atom is 0.216 e. The predicted octanol–water partition coefficient (Wildman–Crippen LogP) is 1.86. The largest absolute Gasteiger partial charge is 0.356 e. The Hall–Kier alpha value is -1.06. The van der Waals surface area contributed by atoms with E-state index in [2.05, 4.69) is 34.5 Å². The van der Waals surface area contributed by atoms with Gasteiger partial charge in [-0.25, -0.2) is 0 Å². The molecule has 0 saturated carbocycles. The van der Waals surface area contributed by atoms with E-state index < -0.39 is 0 Å². The fourth-order valence-electron chi connectivity index (χ4n) is 2.35. The van der Waals surface area contributed by atoms with Gasteiger partial charge in [0.1, 0.15) is 0 Å². The Morgan fingerprint density at radius 1 is 1.39 bits per heavy atom. The van der Waals surface area contributed by atoms with Crippen molar-refractivity contribution < 1.29 is 4.79 Å². The summed E-state index contributed by atoms with van der Waals surface area (Å²) in [6, 6.07) is 10.4. The summed E-state index contributed by atoms with van der Waals surface area (Å²) in [5.41, 5.74) is 1.31. The van der Waals surface area contributed by atoms with Gasteiger partial charge in [0, 0.05) is 39.0 Å². The summed E-state index contributed by atoms with van der Waals surface area (Å²) in [5, 5.41) is 2.98. The fourth-order valence-corrected chi connectivity index (χ4v) is 2.72. The third-order valence-electron chi connectivity index (χ3n) is 3.30. The van der Waals surface area contributed by atoms with Gasteiger partial charge in [-0.2, -0.15) is 0 Å². The van der Waals surface area contributed by atoms with E-state index in [9.17, 15) is 4.79 Å². The van der Waals surface area contributed by atoms with Crippen molar-refractivity contribution >= 4 is 17.5 Å². The molecule has 1 aromatic rings. The Bertz CT molecular complexity index is 396. The Morgan fingerprint density at radius 2 is 2.11 bits per heavy atom. The third kappa shape index (κ3) is 3.72. The van der Waals surface area contributed by atoms with Crippen LogP contribution in [0.2, 0.25) is 0 Å². The van der Waals surface area contributed by atoms with Crippen molar-refractivity contribution in [2.75, 3.05) is 19.6 Å². The monoisotopic (exact) mass is 266 g/mol. The van der Waals surface area contributed by atoms with Crippen LogP contribution in [0.5, 0.6) is 0 Å². The number of carbonyl (C=O) groups excluding carboxylic acids is 1. The molecular formula is C14H19ClN2O. The molecule has 0 radical (unpaired) electrons. The van der Waals surface area contributed by atoms with E-state index in [-0.39, 0.29) is 11.3 Å². The minimum atomic E-state index is 0.0142. The molecule has 1 heterocycles. The highest BCUT2D eigenvalue weighted by atomic mass is 35.5. The second-order valence-electron chi connectivity index (χ2n) is 4.89. The number of alkyl halides is 1. The average molecular weight is 267 g/mol. The molecule has 4 heteroatoms. The van der Waals surface area contributed by atoms with E-state index in [1.165, 1.54) is 5.56 Å². The average Bonchev–Trinajstić information content (AvgIpc) is 2.68. The first-order chi connectivity index (χ1) is 8.65. The molecule has 98 valence electrons. The summed E-state index contributed by atoms with van der Waals surface area (Å²) in [4.78, 5) is 13.3. The molecule has 2 atom stereocenters. The van der Waals surface area contributed by atoms with Crippen LogP contribution in [0.25, 0.3) is 0 Å². The fraction of sp³-hybridized carbons (Fsp3) is 0.500. The zero-order chi connectivity index (χ0) is 13.0. The Kier molecular flexibility index (Phi) is 4.61. The highest BCUT2D eigenvalue weighted by molar-refractivity contribution is 6.21. The van der Waals surface area contributed by atoms with Gasteiger partial charge in [0.2, 0.25) is 5.91 Å². The van der Waals surface area contributed by atoms with Crippen molar-refractivity contribution in [2.45, 2.75) is 18.8 Å². The molecule has 1 aliphatic rings. The molecule has 3 nitrogen and oxygen atoms in total. The van der Waals surface area contributed by atoms with Gasteiger partial charge in [0.05, 0.1) is 5.38 Å². The van der Waals surface area contributed by atoms with Crippen LogP contribution in [-0.4, -0.2) is 35.8 Å². The lowest BCUT2D eigenvalue weighted by Gasteiger charge is -2.15. The topological polar surface area (TPSA) is 32.3 Å². The van der Waals surface area contributed by atoms with Crippen LogP contribution in [0.3, 0.4) is 0 Å². The van der Waals surface area contributed by atoms with Crippen molar-refractivity contribution in [3.63, 3.8) is 0 Å². The number of rotatable bonds is 4. The summed E-state index contributed by atoms with van der Waals surface area (Å²) < 4.78 is 0. The lowest BCUT2D eigenvalue weighted by molar-refractivity contribution is -0.119. The van der Waals surface area contributed by atoms with E-state index in [4.69, 9.17) is 11.6 Å². The highest BCUT2D eigenvalue weighted by Gasteiger charge is 2.31. The van der Waals surface area contributed by atoms with Crippen LogP contribution in [-0.2, 0) is 11.3 Å². The van der Waals surface area contributed by atoms with Crippen LogP contribution >= 0.6 is 11.6 Å². The standard InChI is InChI=1S/C14H19ClN2O/c1-11(18)16-7-13-9-17(10-14(13)15)8-12-5-3-2-4-6-12/h2-6,13-14H,7-10H2,1H3,(H,16,18)/t13-,14+/m0/s1. The van der Waals surface area contributed by atoms with Gasteiger partial charge >= 0.3 is 0 Å². The van der Waals surface area contributed by atoms with Crippen LogP contribution in [0.4, 0.5) is 0 Å². The SMILES string of the molecule is CC(=O)NC[C@H]1CN(Cc2ccccc2)C[C@H]1Cl. The van der Waals surface area contributed by atoms with Gasteiger partial charge in [-0.05, 0) is 5.56 Å². The number of amides is 1. The molecular weight excluding hydrogens is 248 g/mol. The van der Waals surface area contributed by atoms with E-state index in [1.54, 1.807) is 6.92 Å². The number of likely N-dealkylation sites (tertiary alicyclic amines) is 1. The summed E-state index contributed by atoms with van der Waals surface area (Å²) in [6.45, 7) is 4.99. The van der Waals surface area contributed by atoms with Crippen molar-refractivity contribution in [2.24, 2.45) is 5.92 Å². The first-order valence-corrected chi connectivity index (χ1v) is 6.73. The first kappa shape index (κ1) is 13.4. The van der Waals surface area contributed by atoms with Crippen LogP contribution in [0.1, 0.15) is 12.5 Å². The molecule has 0 aromatic heterocycles. The molecule has 1 amide bonds.